The van der Waals surface area contributed by atoms with Gasteiger partial charge in [0.15, 0.2) is 0 Å². The van der Waals surface area contributed by atoms with Crippen LogP contribution in [0, 0.1) is 5.82 Å². The van der Waals surface area contributed by atoms with Gasteiger partial charge in [0.25, 0.3) is 0 Å². The number of carbonyl (C=O) groups is 1. The topological polar surface area (TPSA) is 48.5 Å². The molecule has 160 valence electrons. The Bertz CT molecular complexity index is 1050. The quantitative estimate of drug-likeness (QED) is 0.469. The van der Waals surface area contributed by atoms with Crippen LogP contribution in [0.3, 0.4) is 0 Å². The van der Waals surface area contributed by atoms with Crippen molar-refractivity contribution in [3.05, 3.63) is 78.3 Å². The molecule has 1 amide bonds. The Balaban J connectivity index is 1.18. The summed E-state index contributed by atoms with van der Waals surface area (Å²) in [6, 6.07) is 16.7. The lowest BCUT2D eigenvalue weighted by molar-refractivity contribution is -0.116. The normalized spacial score (nSPS) is 14.9. The van der Waals surface area contributed by atoms with E-state index in [0.717, 1.165) is 55.6 Å². The van der Waals surface area contributed by atoms with Crippen LogP contribution in [0.2, 0.25) is 0 Å². The molecule has 2 aromatic carbocycles. The van der Waals surface area contributed by atoms with Gasteiger partial charge in [-0.2, -0.15) is 0 Å². The van der Waals surface area contributed by atoms with E-state index < -0.39 is 0 Å². The van der Waals surface area contributed by atoms with Crippen molar-refractivity contribution in [2.45, 2.75) is 6.42 Å². The van der Waals surface area contributed by atoms with Gasteiger partial charge in [0.1, 0.15) is 5.82 Å². The second kappa shape index (κ2) is 10.2. The Labute approximate surface area is 182 Å². The molecule has 1 aliphatic rings. The molecule has 31 heavy (non-hydrogen) atoms. The first-order valence-corrected chi connectivity index (χ1v) is 10.7. The molecule has 6 heteroatoms. The Hall–Kier alpha value is -3.25. The number of carbonyl (C=O) groups excluding carboxylic acids is 1. The fourth-order valence-corrected chi connectivity index (χ4v) is 3.92. The summed E-state index contributed by atoms with van der Waals surface area (Å²) in [5, 5.41) is 3.99. The molecule has 0 aliphatic carbocycles. The zero-order valence-electron chi connectivity index (χ0n) is 17.5. The third-order valence-electron chi connectivity index (χ3n) is 5.61. The van der Waals surface area contributed by atoms with Gasteiger partial charge in [-0.05, 0) is 48.9 Å². The van der Waals surface area contributed by atoms with Crippen LogP contribution in [0.5, 0.6) is 0 Å². The molecule has 1 aliphatic heterocycles. The van der Waals surface area contributed by atoms with E-state index in [2.05, 4.69) is 20.1 Å². The van der Waals surface area contributed by atoms with Gasteiger partial charge < -0.3 is 10.2 Å². The molecule has 0 bridgehead atoms. The molecule has 0 atom stereocenters. The maximum Gasteiger partial charge on any atom is 0.244 e. The van der Waals surface area contributed by atoms with E-state index in [1.807, 2.05) is 48.5 Å². The first kappa shape index (κ1) is 21.0. The molecule has 4 rings (SSSR count). The van der Waals surface area contributed by atoms with Gasteiger partial charge >= 0.3 is 0 Å². The minimum atomic E-state index is -0.161. The highest BCUT2D eigenvalue weighted by Gasteiger charge is 2.18. The third-order valence-corrected chi connectivity index (χ3v) is 5.61. The van der Waals surface area contributed by atoms with Crippen LogP contribution in [0.25, 0.3) is 17.0 Å². The number of benzene rings is 2. The van der Waals surface area contributed by atoms with Crippen molar-refractivity contribution in [3.63, 3.8) is 0 Å². The summed E-state index contributed by atoms with van der Waals surface area (Å²) in [5.41, 5.74) is 2.58. The maximum absolute atomic E-state index is 13.9. The van der Waals surface area contributed by atoms with E-state index in [4.69, 9.17) is 0 Å². The van der Waals surface area contributed by atoms with E-state index in [-0.39, 0.29) is 11.7 Å². The van der Waals surface area contributed by atoms with E-state index in [1.54, 1.807) is 18.3 Å². The minimum Gasteiger partial charge on any atom is -0.367 e. The molecule has 5 nitrogen and oxygen atoms in total. The molecule has 1 saturated heterocycles. The summed E-state index contributed by atoms with van der Waals surface area (Å²) in [4.78, 5) is 21.0. The number of halogens is 1. The number of piperazine rings is 1. The van der Waals surface area contributed by atoms with Crippen LogP contribution < -0.4 is 10.2 Å². The highest BCUT2D eigenvalue weighted by molar-refractivity contribution is 5.95. The second-order valence-electron chi connectivity index (χ2n) is 7.68. The minimum absolute atomic E-state index is 0.0923. The Morgan fingerprint density at radius 3 is 2.65 bits per heavy atom. The van der Waals surface area contributed by atoms with Gasteiger partial charge in [0, 0.05) is 50.4 Å². The summed E-state index contributed by atoms with van der Waals surface area (Å²) < 4.78 is 13.9. The van der Waals surface area contributed by atoms with Gasteiger partial charge in [0.2, 0.25) is 5.91 Å². The molecule has 1 fully saturated rings. The number of amides is 1. The van der Waals surface area contributed by atoms with Gasteiger partial charge in [-0.25, -0.2) is 4.39 Å². The molecule has 0 radical (unpaired) electrons. The SMILES string of the molecule is O=C(/C=C/c1ccnc2ccccc12)NCCCN1CCN(c2ccccc2F)CC1. The van der Waals surface area contributed by atoms with Crippen molar-refractivity contribution in [1.82, 2.24) is 15.2 Å². The predicted molar refractivity (Wildman–Crippen MR) is 123 cm³/mol. The van der Waals surface area contributed by atoms with E-state index in [1.165, 1.54) is 6.07 Å². The number of hydrogen-bond acceptors (Lipinski definition) is 4. The zero-order chi connectivity index (χ0) is 21.5. The summed E-state index contributed by atoms with van der Waals surface area (Å²) in [7, 11) is 0. The van der Waals surface area contributed by atoms with Crippen LogP contribution in [-0.4, -0.2) is 55.1 Å². The van der Waals surface area contributed by atoms with Crippen molar-refractivity contribution < 1.29 is 9.18 Å². The van der Waals surface area contributed by atoms with Crippen molar-refractivity contribution in [2.75, 3.05) is 44.2 Å². The summed E-state index contributed by atoms with van der Waals surface area (Å²) in [5.74, 6) is -0.253. The third kappa shape index (κ3) is 5.47. The van der Waals surface area contributed by atoms with Crippen molar-refractivity contribution in [3.8, 4) is 0 Å². The highest BCUT2D eigenvalue weighted by atomic mass is 19.1. The molecule has 0 spiro atoms. The zero-order valence-corrected chi connectivity index (χ0v) is 17.5. The largest absolute Gasteiger partial charge is 0.367 e. The monoisotopic (exact) mass is 418 g/mol. The maximum atomic E-state index is 13.9. The van der Waals surface area contributed by atoms with Crippen LogP contribution in [0.4, 0.5) is 10.1 Å². The predicted octanol–water partition coefficient (Wildman–Crippen LogP) is 3.72. The smallest absolute Gasteiger partial charge is 0.244 e. The van der Waals surface area contributed by atoms with Crippen LogP contribution in [0.15, 0.2) is 66.9 Å². The van der Waals surface area contributed by atoms with Gasteiger partial charge in [0.05, 0.1) is 11.2 Å². The lowest BCUT2D eigenvalue weighted by atomic mass is 10.1. The van der Waals surface area contributed by atoms with Crippen LogP contribution in [-0.2, 0) is 4.79 Å². The summed E-state index contributed by atoms with van der Waals surface area (Å²) in [6.07, 6.45) is 6.06. The van der Waals surface area contributed by atoms with Crippen LogP contribution >= 0.6 is 0 Å². The van der Waals surface area contributed by atoms with E-state index in [0.29, 0.717) is 12.2 Å². The lowest BCUT2D eigenvalue weighted by Crippen LogP contribution is -2.47. The molecular formula is C25H27FN4O. The number of nitrogens with zero attached hydrogens (tertiary/aromatic N) is 3. The fraction of sp³-hybridized carbons (Fsp3) is 0.280. The number of nitrogens with one attached hydrogen (secondary N) is 1. The lowest BCUT2D eigenvalue weighted by Gasteiger charge is -2.36. The van der Waals surface area contributed by atoms with Gasteiger partial charge in [-0.3, -0.25) is 14.7 Å². The number of aromatic nitrogens is 1. The summed E-state index contributed by atoms with van der Waals surface area (Å²) >= 11 is 0. The average Bonchev–Trinajstić information content (AvgIpc) is 2.81. The van der Waals surface area contributed by atoms with Gasteiger partial charge in [-0.15, -0.1) is 0 Å². The molecule has 2 heterocycles. The Morgan fingerprint density at radius 1 is 1.03 bits per heavy atom. The Kier molecular flexibility index (Phi) is 6.89. The molecule has 0 unspecified atom stereocenters. The van der Waals surface area contributed by atoms with Crippen LogP contribution in [0.1, 0.15) is 12.0 Å². The number of anilines is 1. The van der Waals surface area contributed by atoms with E-state index >= 15 is 0 Å². The molecule has 0 saturated carbocycles. The van der Waals surface area contributed by atoms with Gasteiger partial charge in [-0.1, -0.05) is 30.3 Å². The molecule has 1 N–H and O–H groups in total. The summed E-state index contributed by atoms with van der Waals surface area (Å²) in [6.45, 7) is 4.98. The number of hydrogen-bond donors (Lipinski definition) is 1. The van der Waals surface area contributed by atoms with Crippen molar-refractivity contribution in [2.24, 2.45) is 0 Å². The number of rotatable bonds is 7. The van der Waals surface area contributed by atoms with Crippen molar-refractivity contribution >= 4 is 28.6 Å². The second-order valence-corrected chi connectivity index (χ2v) is 7.68. The molecule has 1 aromatic heterocycles. The van der Waals surface area contributed by atoms with Crippen molar-refractivity contribution in [1.29, 1.82) is 0 Å². The first-order valence-electron chi connectivity index (χ1n) is 10.7. The average molecular weight is 419 g/mol. The molecule has 3 aromatic rings. The number of pyridine rings is 1. The fourth-order valence-electron chi connectivity index (χ4n) is 3.92. The number of fused-ring (bicyclic) bond motifs is 1. The van der Waals surface area contributed by atoms with E-state index in [9.17, 15) is 9.18 Å². The highest BCUT2D eigenvalue weighted by Crippen LogP contribution is 2.20. The first-order chi connectivity index (χ1) is 15.2. The number of para-hydroxylation sites is 2. The molecular weight excluding hydrogens is 391 g/mol. The Morgan fingerprint density at radius 2 is 1.81 bits per heavy atom. The standard InChI is InChI=1S/C25H27FN4O/c26-22-7-2-4-9-24(22)30-18-16-29(17-19-30)15-5-13-28-25(31)11-10-20-12-14-27-23-8-3-1-6-21(20)23/h1-4,6-12,14H,5,13,15-19H2,(H,28,31)/b11-10+.